The molecule has 0 radical (unpaired) electrons. The second-order valence-corrected chi connectivity index (χ2v) is 12.2. The number of ether oxygens (including phenoxy) is 3. The summed E-state index contributed by atoms with van der Waals surface area (Å²) < 4.78 is 17.3. The molecule has 0 spiro atoms. The Labute approximate surface area is 251 Å². The van der Waals surface area contributed by atoms with Crippen LogP contribution in [-0.4, -0.2) is 76.2 Å². The zero-order valence-corrected chi connectivity index (χ0v) is 25.4. The van der Waals surface area contributed by atoms with Crippen molar-refractivity contribution in [3.8, 4) is 5.75 Å². The van der Waals surface area contributed by atoms with Crippen LogP contribution in [0.1, 0.15) is 57.6 Å². The maximum absolute atomic E-state index is 14.5. The van der Waals surface area contributed by atoms with Gasteiger partial charge in [0.15, 0.2) is 0 Å². The Kier molecular flexibility index (Phi) is 8.23. The lowest BCUT2D eigenvalue weighted by atomic mass is 9.84. The van der Waals surface area contributed by atoms with Gasteiger partial charge in [0.2, 0.25) is 11.8 Å². The molecule has 0 N–H and O–H groups in total. The molecule has 0 saturated carbocycles. The summed E-state index contributed by atoms with van der Waals surface area (Å²) in [6.07, 6.45) is 2.80. The Hall–Kier alpha value is -4.34. The van der Waals surface area contributed by atoms with E-state index in [9.17, 15) is 19.2 Å². The van der Waals surface area contributed by atoms with Crippen LogP contribution in [0.2, 0.25) is 0 Å². The first-order valence-electron chi connectivity index (χ1n) is 14.6. The molecule has 2 saturated heterocycles. The van der Waals surface area contributed by atoms with Crippen LogP contribution >= 0.6 is 0 Å². The van der Waals surface area contributed by atoms with Crippen LogP contribution in [0.4, 0.5) is 4.79 Å². The summed E-state index contributed by atoms with van der Waals surface area (Å²) in [7, 11) is 2.91. The summed E-state index contributed by atoms with van der Waals surface area (Å²) in [4.78, 5) is 57.5. The lowest BCUT2D eigenvalue weighted by Crippen LogP contribution is -2.69. The van der Waals surface area contributed by atoms with Gasteiger partial charge in [-0.25, -0.2) is 4.79 Å². The van der Waals surface area contributed by atoms with Crippen LogP contribution in [0.25, 0.3) is 10.9 Å². The maximum atomic E-state index is 14.5. The van der Waals surface area contributed by atoms with Crippen molar-refractivity contribution in [1.29, 1.82) is 0 Å². The van der Waals surface area contributed by atoms with E-state index in [0.29, 0.717) is 30.7 Å². The number of hydrogen-bond acceptors (Lipinski definition) is 7. The van der Waals surface area contributed by atoms with Crippen molar-refractivity contribution < 1.29 is 33.4 Å². The van der Waals surface area contributed by atoms with Crippen molar-refractivity contribution in [1.82, 2.24) is 14.4 Å². The molecule has 2 fully saturated rings. The average molecular weight is 590 g/mol. The van der Waals surface area contributed by atoms with Gasteiger partial charge in [0.05, 0.1) is 19.7 Å². The Bertz CT molecular complexity index is 1540. The molecular weight excluding hydrogens is 550 g/mol. The predicted octanol–water partition coefficient (Wildman–Crippen LogP) is 4.70. The molecule has 10 heteroatoms. The molecule has 3 heterocycles. The van der Waals surface area contributed by atoms with E-state index in [1.54, 1.807) is 23.1 Å². The molecule has 1 unspecified atom stereocenters. The molecule has 0 aliphatic carbocycles. The smallest absolute Gasteiger partial charge is 0.419 e. The number of fused-ring (bicyclic) bond motifs is 2. The van der Waals surface area contributed by atoms with Crippen LogP contribution in [0, 0.1) is 0 Å². The Balaban J connectivity index is 1.55. The molecule has 228 valence electrons. The summed E-state index contributed by atoms with van der Waals surface area (Å²) in [5, 5.41) is 0.807. The van der Waals surface area contributed by atoms with Crippen molar-refractivity contribution in [2.45, 2.75) is 76.6 Å². The van der Waals surface area contributed by atoms with Crippen LogP contribution in [-0.2, 0) is 36.8 Å². The van der Waals surface area contributed by atoms with Crippen molar-refractivity contribution >= 4 is 34.8 Å². The number of benzene rings is 2. The highest BCUT2D eigenvalue weighted by molar-refractivity contribution is 6.01. The number of hydrogen-bond donors (Lipinski definition) is 0. The summed E-state index contributed by atoms with van der Waals surface area (Å²) >= 11 is 0. The number of nitrogens with zero attached hydrogens (tertiary/aromatic N) is 3. The monoisotopic (exact) mass is 589 g/mol. The summed E-state index contributed by atoms with van der Waals surface area (Å²) in [5.41, 5.74) is 0.480. The van der Waals surface area contributed by atoms with E-state index in [-0.39, 0.29) is 37.6 Å². The zero-order chi connectivity index (χ0) is 30.9. The quantitative estimate of drug-likeness (QED) is 0.351. The number of piperazine rings is 1. The fourth-order valence-electron chi connectivity index (χ4n) is 6.31. The van der Waals surface area contributed by atoms with Gasteiger partial charge in [0.1, 0.15) is 22.9 Å². The van der Waals surface area contributed by atoms with Gasteiger partial charge < -0.3 is 24.0 Å². The van der Waals surface area contributed by atoms with Gasteiger partial charge in [-0.2, -0.15) is 0 Å². The van der Waals surface area contributed by atoms with Gasteiger partial charge in [0.25, 0.3) is 0 Å². The van der Waals surface area contributed by atoms with Crippen LogP contribution in [0.3, 0.4) is 0 Å². The Morgan fingerprint density at radius 1 is 1.02 bits per heavy atom. The van der Waals surface area contributed by atoms with Crippen LogP contribution in [0.15, 0.2) is 54.7 Å². The van der Waals surface area contributed by atoms with Gasteiger partial charge in [-0.15, -0.1) is 0 Å². The van der Waals surface area contributed by atoms with E-state index in [4.69, 9.17) is 14.2 Å². The molecule has 43 heavy (non-hydrogen) atoms. The third kappa shape index (κ3) is 5.83. The van der Waals surface area contributed by atoms with Crippen LogP contribution in [0.5, 0.6) is 5.75 Å². The minimum atomic E-state index is -1.10. The van der Waals surface area contributed by atoms with Gasteiger partial charge in [-0.3, -0.25) is 19.0 Å². The number of methoxy groups -OCH3 is 2. The molecule has 2 aliphatic rings. The van der Waals surface area contributed by atoms with Crippen molar-refractivity contribution in [2.24, 2.45) is 0 Å². The molecule has 1 aromatic heterocycles. The van der Waals surface area contributed by atoms with Crippen LogP contribution < -0.4 is 4.74 Å². The highest BCUT2D eigenvalue weighted by Crippen LogP contribution is 2.42. The number of aromatic nitrogens is 1. The van der Waals surface area contributed by atoms with Gasteiger partial charge in [0, 0.05) is 37.5 Å². The fraction of sp³-hybridized carbons (Fsp3) is 0.455. The second kappa shape index (κ2) is 11.7. The standard InChI is InChI=1S/C33H39N3O7/c1-32(2,3)43-31(40)35-21-23(25-9-6-7-10-26(25)35)19-27-29(38)36-18-8-16-33(36,17-15-28(37)42-5)30(39)34(27)20-22-11-13-24(41-4)14-12-22/h6-7,9-14,21,27H,8,15-20H2,1-5H3/t27?,33-/m1/s1. The number of carbonyl (C=O) groups excluding carboxylic acids is 4. The Morgan fingerprint density at radius 3 is 2.42 bits per heavy atom. The molecule has 2 amide bonds. The van der Waals surface area contributed by atoms with E-state index in [1.165, 1.54) is 11.7 Å². The molecular formula is C33H39N3O7. The van der Waals surface area contributed by atoms with Crippen molar-refractivity contribution in [3.63, 3.8) is 0 Å². The third-order valence-electron chi connectivity index (χ3n) is 8.36. The van der Waals surface area contributed by atoms with E-state index in [2.05, 4.69) is 0 Å². The number of carbonyl (C=O) groups is 4. The van der Waals surface area contributed by atoms with Crippen molar-refractivity contribution in [3.05, 3.63) is 65.9 Å². The molecule has 0 bridgehead atoms. The lowest BCUT2D eigenvalue weighted by Gasteiger charge is -2.49. The summed E-state index contributed by atoms with van der Waals surface area (Å²) in [5.74, 6) is -0.0668. The summed E-state index contributed by atoms with van der Waals surface area (Å²) in [6, 6.07) is 14.1. The first-order valence-corrected chi connectivity index (χ1v) is 14.6. The number of amides is 2. The van der Waals surface area contributed by atoms with Gasteiger partial charge in [-0.05, 0) is 69.4 Å². The second-order valence-electron chi connectivity index (χ2n) is 12.2. The molecule has 2 atom stereocenters. The number of rotatable bonds is 8. The molecule has 10 nitrogen and oxygen atoms in total. The van der Waals surface area contributed by atoms with E-state index < -0.39 is 29.2 Å². The highest BCUT2D eigenvalue weighted by Gasteiger charge is 2.58. The average Bonchev–Trinajstić information content (AvgIpc) is 3.59. The lowest BCUT2D eigenvalue weighted by molar-refractivity contribution is -0.169. The van der Waals surface area contributed by atoms with Crippen molar-refractivity contribution in [2.75, 3.05) is 20.8 Å². The zero-order valence-electron chi connectivity index (χ0n) is 25.4. The van der Waals surface area contributed by atoms with E-state index in [0.717, 1.165) is 16.5 Å². The maximum Gasteiger partial charge on any atom is 0.419 e. The fourth-order valence-corrected chi connectivity index (χ4v) is 6.31. The normalized spacial score (nSPS) is 20.3. The minimum absolute atomic E-state index is 0.0381. The van der Waals surface area contributed by atoms with Gasteiger partial charge in [-0.1, -0.05) is 30.3 Å². The van der Waals surface area contributed by atoms with E-state index in [1.807, 2.05) is 69.3 Å². The Morgan fingerprint density at radius 2 is 1.74 bits per heavy atom. The SMILES string of the molecule is COC(=O)CC[C@@]12CCCN1C(=O)C(Cc1cn(C(=O)OC(C)(C)C)c3ccccc13)N(Cc1ccc(OC)cc1)C2=O. The highest BCUT2D eigenvalue weighted by atomic mass is 16.6. The van der Waals surface area contributed by atoms with Gasteiger partial charge >= 0.3 is 12.1 Å². The predicted molar refractivity (Wildman–Crippen MR) is 160 cm³/mol. The molecule has 2 aromatic carbocycles. The first-order chi connectivity index (χ1) is 20.5. The molecule has 2 aliphatic heterocycles. The minimum Gasteiger partial charge on any atom is -0.497 e. The molecule has 3 aromatic rings. The number of para-hydroxylation sites is 1. The number of esters is 1. The summed E-state index contributed by atoms with van der Waals surface area (Å²) in [6.45, 7) is 6.08. The van der Waals surface area contributed by atoms with E-state index >= 15 is 0 Å². The molecule has 5 rings (SSSR count). The topological polar surface area (TPSA) is 107 Å². The third-order valence-corrected chi connectivity index (χ3v) is 8.36. The first kappa shape index (κ1) is 30.1. The largest absolute Gasteiger partial charge is 0.497 e.